The Kier molecular flexibility index (Phi) is 2.95. The predicted octanol–water partition coefficient (Wildman–Crippen LogP) is 1.98. The Morgan fingerprint density at radius 3 is 2.50 bits per heavy atom. The van der Waals surface area contributed by atoms with Gasteiger partial charge in [0.1, 0.15) is 17.9 Å². The molecule has 1 heterocycles. The second-order valence-electron chi connectivity index (χ2n) is 3.92. The summed E-state index contributed by atoms with van der Waals surface area (Å²) >= 11 is 0. The molecule has 3 heteroatoms. The summed E-state index contributed by atoms with van der Waals surface area (Å²) in [6, 6.07) is 11.2. The molecule has 0 bridgehead atoms. The molecule has 1 N–H and O–H groups in total. The predicted molar refractivity (Wildman–Crippen MR) is 62.6 cm³/mol. The van der Waals surface area contributed by atoms with Crippen molar-refractivity contribution in [3.63, 3.8) is 0 Å². The van der Waals surface area contributed by atoms with Crippen LogP contribution in [0.5, 0.6) is 6.01 Å². The first-order valence-electron chi connectivity index (χ1n) is 5.39. The lowest BCUT2D eigenvalue weighted by Gasteiger charge is -2.01. The standard InChI is InChI=1S/C13H16N2O/c1-10-11(2)15(13(14-10)16-3)9-12-7-5-4-6-8-12/h4-8H,9H2,1-3H3/p+1. The van der Waals surface area contributed by atoms with Gasteiger partial charge in [-0.2, -0.15) is 4.57 Å². The van der Waals surface area contributed by atoms with Gasteiger partial charge in [0.15, 0.2) is 0 Å². The van der Waals surface area contributed by atoms with Crippen LogP contribution in [0, 0.1) is 13.8 Å². The van der Waals surface area contributed by atoms with Crippen LogP contribution in [-0.2, 0) is 6.54 Å². The molecule has 0 saturated heterocycles. The maximum atomic E-state index is 5.33. The molecular weight excluding hydrogens is 200 g/mol. The highest BCUT2D eigenvalue weighted by Crippen LogP contribution is 2.09. The van der Waals surface area contributed by atoms with Crippen molar-refractivity contribution in [2.24, 2.45) is 0 Å². The van der Waals surface area contributed by atoms with Crippen LogP contribution in [0.1, 0.15) is 17.0 Å². The second-order valence-corrected chi connectivity index (χ2v) is 3.92. The van der Waals surface area contributed by atoms with Gasteiger partial charge in [-0.25, -0.2) is 4.98 Å². The lowest BCUT2D eigenvalue weighted by atomic mass is 10.2. The summed E-state index contributed by atoms with van der Waals surface area (Å²) < 4.78 is 7.47. The number of aromatic nitrogens is 2. The van der Waals surface area contributed by atoms with E-state index < -0.39 is 0 Å². The molecule has 0 unspecified atom stereocenters. The Hall–Kier alpha value is -1.77. The van der Waals surface area contributed by atoms with Crippen molar-refractivity contribution in [2.75, 3.05) is 7.11 Å². The minimum absolute atomic E-state index is 0.804. The highest BCUT2D eigenvalue weighted by Gasteiger charge is 2.19. The van der Waals surface area contributed by atoms with Crippen LogP contribution in [0.2, 0.25) is 0 Å². The minimum Gasteiger partial charge on any atom is -0.434 e. The van der Waals surface area contributed by atoms with Crippen LogP contribution in [0.3, 0.4) is 0 Å². The quantitative estimate of drug-likeness (QED) is 0.782. The van der Waals surface area contributed by atoms with Crippen molar-refractivity contribution < 1.29 is 9.30 Å². The summed E-state index contributed by atoms with van der Waals surface area (Å²) in [7, 11) is 1.69. The number of methoxy groups -OCH3 is 1. The molecule has 0 aliphatic rings. The average molecular weight is 217 g/mol. The fraction of sp³-hybridized carbons (Fsp3) is 0.308. The number of H-pyrrole nitrogens is 1. The summed E-state index contributed by atoms with van der Waals surface area (Å²) in [6.07, 6.45) is 0. The molecule has 2 rings (SSSR count). The molecule has 1 aromatic carbocycles. The highest BCUT2D eigenvalue weighted by atomic mass is 16.5. The molecule has 0 radical (unpaired) electrons. The minimum atomic E-state index is 0.804. The molecule has 0 saturated carbocycles. The molecule has 84 valence electrons. The zero-order valence-corrected chi connectivity index (χ0v) is 9.95. The van der Waals surface area contributed by atoms with E-state index in [1.807, 2.05) is 6.07 Å². The summed E-state index contributed by atoms with van der Waals surface area (Å²) in [5, 5.41) is 0. The third kappa shape index (κ3) is 1.94. The maximum absolute atomic E-state index is 5.33. The maximum Gasteiger partial charge on any atom is 0.454 e. The zero-order valence-electron chi connectivity index (χ0n) is 9.95. The van der Waals surface area contributed by atoms with Crippen molar-refractivity contribution >= 4 is 0 Å². The van der Waals surface area contributed by atoms with E-state index in [2.05, 4.69) is 47.7 Å². The van der Waals surface area contributed by atoms with Crippen molar-refractivity contribution in [1.82, 2.24) is 4.98 Å². The third-order valence-corrected chi connectivity index (χ3v) is 2.86. The number of ether oxygens (including phenoxy) is 1. The molecular formula is C13H17N2O+. The number of imidazole rings is 1. The van der Waals surface area contributed by atoms with Gasteiger partial charge >= 0.3 is 6.01 Å². The smallest absolute Gasteiger partial charge is 0.434 e. The number of rotatable bonds is 3. The van der Waals surface area contributed by atoms with Gasteiger partial charge in [-0.3, -0.25) is 0 Å². The zero-order chi connectivity index (χ0) is 11.5. The summed E-state index contributed by atoms with van der Waals surface area (Å²) in [4.78, 5) is 3.22. The van der Waals surface area contributed by atoms with Gasteiger partial charge in [-0.05, 0) is 5.56 Å². The van der Waals surface area contributed by atoms with E-state index in [0.717, 1.165) is 18.2 Å². The van der Waals surface area contributed by atoms with E-state index in [1.54, 1.807) is 7.11 Å². The Labute approximate surface area is 95.7 Å². The first-order chi connectivity index (χ1) is 7.72. The molecule has 1 aromatic heterocycles. The number of hydrogen-bond acceptors (Lipinski definition) is 1. The van der Waals surface area contributed by atoms with Crippen molar-refractivity contribution in [2.45, 2.75) is 20.4 Å². The number of hydrogen-bond donors (Lipinski definition) is 1. The summed E-state index contributed by atoms with van der Waals surface area (Å²) in [6.45, 7) is 4.98. The van der Waals surface area contributed by atoms with Crippen molar-refractivity contribution in [3.8, 4) is 6.01 Å². The Morgan fingerprint density at radius 2 is 1.88 bits per heavy atom. The lowest BCUT2D eigenvalue weighted by Crippen LogP contribution is -2.37. The van der Waals surface area contributed by atoms with Gasteiger partial charge in [-0.15, -0.1) is 0 Å². The lowest BCUT2D eigenvalue weighted by molar-refractivity contribution is -0.697. The molecule has 3 nitrogen and oxygen atoms in total. The van der Waals surface area contributed by atoms with Gasteiger partial charge < -0.3 is 4.74 Å². The molecule has 0 aliphatic carbocycles. The Bertz CT molecular complexity index is 474. The van der Waals surface area contributed by atoms with E-state index in [1.165, 1.54) is 11.3 Å². The molecule has 2 aromatic rings. The number of nitrogens with one attached hydrogen (secondary N) is 1. The van der Waals surface area contributed by atoms with Crippen LogP contribution < -0.4 is 9.30 Å². The average Bonchev–Trinajstić information content (AvgIpc) is 2.58. The highest BCUT2D eigenvalue weighted by molar-refractivity contribution is 5.14. The van der Waals surface area contributed by atoms with Crippen LogP contribution in [0.15, 0.2) is 30.3 Å². The largest absolute Gasteiger partial charge is 0.454 e. The van der Waals surface area contributed by atoms with E-state index in [-0.39, 0.29) is 0 Å². The number of aryl methyl sites for hydroxylation is 1. The number of aromatic amines is 1. The fourth-order valence-corrected chi connectivity index (χ4v) is 1.79. The fourth-order valence-electron chi connectivity index (χ4n) is 1.79. The van der Waals surface area contributed by atoms with Crippen LogP contribution in [0.4, 0.5) is 0 Å². The first-order valence-corrected chi connectivity index (χ1v) is 5.39. The summed E-state index contributed by atoms with van der Waals surface area (Å²) in [5.74, 6) is 0. The number of nitrogens with zero attached hydrogens (tertiary/aromatic N) is 1. The monoisotopic (exact) mass is 217 g/mol. The topological polar surface area (TPSA) is 28.9 Å². The van der Waals surface area contributed by atoms with E-state index in [0.29, 0.717) is 0 Å². The molecule has 16 heavy (non-hydrogen) atoms. The SMILES string of the molecule is COc1[nH]c(C)c(C)[n+]1Cc1ccccc1. The van der Waals surface area contributed by atoms with Crippen molar-refractivity contribution in [1.29, 1.82) is 0 Å². The Morgan fingerprint density at radius 1 is 1.19 bits per heavy atom. The number of benzene rings is 1. The van der Waals surface area contributed by atoms with Gasteiger partial charge in [-0.1, -0.05) is 30.3 Å². The molecule has 0 spiro atoms. The first kappa shape index (κ1) is 10.7. The van der Waals surface area contributed by atoms with Crippen LogP contribution in [0.25, 0.3) is 0 Å². The van der Waals surface area contributed by atoms with Crippen molar-refractivity contribution in [3.05, 3.63) is 47.3 Å². The molecule has 0 fully saturated rings. The Balaban J connectivity index is 2.34. The van der Waals surface area contributed by atoms with Crippen LogP contribution >= 0.6 is 0 Å². The van der Waals surface area contributed by atoms with Gasteiger partial charge in [0.05, 0.1) is 7.11 Å². The third-order valence-electron chi connectivity index (χ3n) is 2.86. The van der Waals surface area contributed by atoms with E-state index >= 15 is 0 Å². The normalized spacial score (nSPS) is 10.4. The second kappa shape index (κ2) is 4.39. The van der Waals surface area contributed by atoms with E-state index in [9.17, 15) is 0 Å². The van der Waals surface area contributed by atoms with Gasteiger partial charge in [0.25, 0.3) is 0 Å². The molecule has 0 atom stereocenters. The summed E-state index contributed by atoms with van der Waals surface area (Å²) in [5.41, 5.74) is 3.63. The van der Waals surface area contributed by atoms with Gasteiger partial charge in [0.2, 0.25) is 0 Å². The van der Waals surface area contributed by atoms with Gasteiger partial charge in [0, 0.05) is 13.8 Å². The molecule has 0 aliphatic heterocycles. The van der Waals surface area contributed by atoms with E-state index in [4.69, 9.17) is 4.74 Å². The molecule has 0 amide bonds. The van der Waals surface area contributed by atoms with Crippen LogP contribution in [-0.4, -0.2) is 12.1 Å².